The standard InChI is InChI=1S/C64H85N15O5/c1-42-31-55(65-3)74-61(68-42)71-49-34-45-14-28-83-58(45)52(36-49)64(2)16-9-20-78(24-17-64)23-13-47-39-56(66-4)75-62(69-47)72-51-35-46-15-29-84-60(46)54(38-51)81-30-25-79-22-12-43(41-79)32-48-40-57(67-5)76-63(70-48)73-50-33-44-11-8-26-82-59(44)53(37-50)80-27-10-21-77-18-6-7-19-77/h31,33-40,43H,6-30,32,41H2,1-5H3,(H2,65,68,71,74)(H2,66,69,72,75)(H2,67,70,73,76). The van der Waals surface area contributed by atoms with Gasteiger partial charge in [0, 0.05) is 148 Å². The molecule has 3 fully saturated rings. The molecule has 9 heterocycles. The molecule has 20 heteroatoms. The van der Waals surface area contributed by atoms with E-state index in [1.54, 1.807) is 0 Å². The van der Waals surface area contributed by atoms with Gasteiger partial charge in [0.25, 0.3) is 0 Å². The second-order valence-electron chi connectivity index (χ2n) is 23.8. The third-order valence-corrected chi connectivity index (χ3v) is 17.6. The number of rotatable bonds is 24. The summed E-state index contributed by atoms with van der Waals surface area (Å²) in [5, 5.41) is 20.3. The highest BCUT2D eigenvalue weighted by atomic mass is 16.5. The number of nitrogens with zero attached hydrogens (tertiary/aromatic N) is 9. The fourth-order valence-corrected chi connectivity index (χ4v) is 13.1. The maximum absolute atomic E-state index is 6.59. The monoisotopic (exact) mass is 1140 g/mol. The lowest BCUT2D eigenvalue weighted by atomic mass is 9.75. The Bertz CT molecular complexity index is 3270. The van der Waals surface area contributed by atoms with Gasteiger partial charge in [0.1, 0.15) is 29.8 Å². The topological polar surface area (TPSA) is 205 Å². The van der Waals surface area contributed by atoms with Crippen molar-refractivity contribution in [3.63, 3.8) is 0 Å². The number of ether oxygens (including phenoxy) is 5. The lowest BCUT2D eigenvalue weighted by molar-refractivity contribution is 0.224. The first kappa shape index (κ1) is 57.0. The van der Waals surface area contributed by atoms with Gasteiger partial charge < -0.3 is 65.4 Å². The molecule has 0 radical (unpaired) electrons. The van der Waals surface area contributed by atoms with Crippen LogP contribution in [0.5, 0.6) is 28.7 Å². The number of aryl methyl sites for hydroxylation is 2. The Balaban J connectivity index is 0.640. The van der Waals surface area contributed by atoms with Crippen molar-refractivity contribution in [3.8, 4) is 28.7 Å². The van der Waals surface area contributed by atoms with Gasteiger partial charge in [0.15, 0.2) is 23.0 Å². The Hall–Kier alpha value is -7.42. The predicted octanol–water partition coefficient (Wildman–Crippen LogP) is 9.71. The molecule has 6 aliphatic heterocycles. The molecule has 2 unspecified atom stereocenters. The van der Waals surface area contributed by atoms with E-state index in [2.05, 4.69) is 99.9 Å². The number of fused-ring (bicyclic) bond motifs is 3. The summed E-state index contributed by atoms with van der Waals surface area (Å²) in [5.74, 6) is 8.82. The van der Waals surface area contributed by atoms with Gasteiger partial charge in [-0.15, -0.1) is 0 Å². The normalized spacial score (nSPS) is 19.5. The number of benzene rings is 3. The van der Waals surface area contributed by atoms with E-state index in [1.807, 2.05) is 46.3 Å². The van der Waals surface area contributed by atoms with Gasteiger partial charge in [-0.2, -0.15) is 15.0 Å². The molecule has 6 aliphatic rings. The van der Waals surface area contributed by atoms with E-state index < -0.39 is 0 Å². The lowest BCUT2D eigenvalue weighted by Crippen LogP contribution is -2.29. The third kappa shape index (κ3) is 13.9. The van der Waals surface area contributed by atoms with Crippen molar-refractivity contribution in [1.29, 1.82) is 0 Å². The van der Waals surface area contributed by atoms with Gasteiger partial charge in [-0.25, -0.2) is 15.0 Å². The summed E-state index contributed by atoms with van der Waals surface area (Å²) in [5.41, 5.74) is 10.4. The van der Waals surface area contributed by atoms with E-state index in [4.69, 9.17) is 43.6 Å². The fraction of sp³-hybridized carbons (Fsp3) is 0.531. The molecule has 0 saturated carbocycles. The summed E-state index contributed by atoms with van der Waals surface area (Å²) in [6.07, 6.45) is 13.2. The molecule has 446 valence electrons. The Morgan fingerprint density at radius 3 is 1.83 bits per heavy atom. The van der Waals surface area contributed by atoms with Crippen LogP contribution in [0.2, 0.25) is 0 Å². The summed E-state index contributed by atoms with van der Waals surface area (Å²) in [4.78, 5) is 36.8. The summed E-state index contributed by atoms with van der Waals surface area (Å²) in [7, 11) is 5.70. The second-order valence-corrected chi connectivity index (χ2v) is 23.8. The molecule has 84 heavy (non-hydrogen) atoms. The molecule has 0 bridgehead atoms. The van der Waals surface area contributed by atoms with Crippen LogP contribution in [0, 0.1) is 12.8 Å². The molecule has 6 aromatic rings. The zero-order chi connectivity index (χ0) is 57.4. The Kier molecular flexibility index (Phi) is 17.8. The van der Waals surface area contributed by atoms with Crippen LogP contribution >= 0.6 is 0 Å². The largest absolute Gasteiger partial charge is 0.493 e. The van der Waals surface area contributed by atoms with Crippen LogP contribution in [-0.4, -0.2) is 158 Å². The van der Waals surface area contributed by atoms with E-state index in [-0.39, 0.29) is 5.41 Å². The highest BCUT2D eigenvalue weighted by Crippen LogP contribution is 2.46. The molecule has 2 atom stereocenters. The van der Waals surface area contributed by atoms with Crippen LogP contribution in [-0.2, 0) is 37.5 Å². The Morgan fingerprint density at radius 1 is 0.536 bits per heavy atom. The van der Waals surface area contributed by atoms with Gasteiger partial charge in [0.05, 0.1) is 26.4 Å². The quantitative estimate of drug-likeness (QED) is 0.0312. The number of hydrogen-bond acceptors (Lipinski definition) is 20. The molecule has 3 aromatic carbocycles. The molecule has 12 rings (SSSR count). The Morgan fingerprint density at radius 2 is 1.12 bits per heavy atom. The predicted molar refractivity (Wildman–Crippen MR) is 332 cm³/mol. The van der Waals surface area contributed by atoms with Gasteiger partial charge >= 0.3 is 0 Å². The first-order valence-corrected chi connectivity index (χ1v) is 30.9. The maximum atomic E-state index is 6.59. The minimum atomic E-state index is -0.0503. The van der Waals surface area contributed by atoms with Crippen molar-refractivity contribution in [2.24, 2.45) is 5.92 Å². The van der Waals surface area contributed by atoms with E-state index >= 15 is 0 Å². The number of aromatic nitrogens is 6. The van der Waals surface area contributed by atoms with Crippen LogP contribution < -0.4 is 55.6 Å². The summed E-state index contributed by atoms with van der Waals surface area (Å²) in [6, 6.07) is 18.9. The minimum absolute atomic E-state index is 0.0503. The number of likely N-dealkylation sites (tertiary alicyclic amines) is 3. The van der Waals surface area contributed by atoms with Crippen LogP contribution in [0.25, 0.3) is 0 Å². The zero-order valence-corrected chi connectivity index (χ0v) is 49.9. The van der Waals surface area contributed by atoms with Crippen molar-refractivity contribution < 1.29 is 23.7 Å². The molecule has 0 aliphatic carbocycles. The molecule has 0 amide bonds. The SMILES string of the molecule is CNc1cc(C)nc(Nc2cc3c(c(C4(C)CCCN(CCc5cc(NC)nc(Nc6cc7c(c(OCCN8CCC(Cc9cc(NC)nc(Nc%10cc%11c(c(OCCCN%12CCCC%12)c%10)OCCC%11)n9)C8)c6)OCC7)n5)CC4)c2)OCC3)n1. The van der Waals surface area contributed by atoms with Crippen molar-refractivity contribution >= 4 is 52.4 Å². The zero-order valence-electron chi connectivity index (χ0n) is 49.9. The Labute approximate surface area is 495 Å². The van der Waals surface area contributed by atoms with Crippen molar-refractivity contribution in [1.82, 2.24) is 44.6 Å². The average Bonchev–Trinajstić information content (AvgIpc) is 3.39. The highest BCUT2D eigenvalue weighted by Gasteiger charge is 2.35. The van der Waals surface area contributed by atoms with Crippen molar-refractivity contribution in [2.45, 2.75) is 103 Å². The maximum Gasteiger partial charge on any atom is 0.229 e. The van der Waals surface area contributed by atoms with E-state index in [0.29, 0.717) is 56.8 Å². The van der Waals surface area contributed by atoms with Crippen LogP contribution in [0.15, 0.2) is 54.6 Å². The minimum Gasteiger partial charge on any atom is -0.493 e. The summed E-state index contributed by atoms with van der Waals surface area (Å²) in [6.45, 7) is 16.8. The molecular weight excluding hydrogens is 1060 g/mol. The number of anilines is 9. The van der Waals surface area contributed by atoms with Crippen LogP contribution in [0.4, 0.5) is 52.4 Å². The van der Waals surface area contributed by atoms with Gasteiger partial charge in [0.2, 0.25) is 17.8 Å². The van der Waals surface area contributed by atoms with Crippen LogP contribution in [0.3, 0.4) is 0 Å². The van der Waals surface area contributed by atoms with Crippen molar-refractivity contribution in [3.05, 3.63) is 93.9 Å². The first-order valence-electron chi connectivity index (χ1n) is 30.9. The van der Waals surface area contributed by atoms with Gasteiger partial charge in [-0.1, -0.05) is 6.92 Å². The van der Waals surface area contributed by atoms with E-state index in [0.717, 1.165) is 208 Å². The molecular formula is C64H85N15O5. The van der Waals surface area contributed by atoms with Crippen molar-refractivity contribution in [2.75, 3.05) is 145 Å². The summed E-state index contributed by atoms with van der Waals surface area (Å²) >= 11 is 0. The molecule has 0 spiro atoms. The third-order valence-electron chi connectivity index (χ3n) is 17.6. The molecule has 20 nitrogen and oxygen atoms in total. The summed E-state index contributed by atoms with van der Waals surface area (Å²) < 4.78 is 31.6. The highest BCUT2D eigenvalue weighted by molar-refractivity contribution is 5.67. The van der Waals surface area contributed by atoms with Gasteiger partial charge in [-0.05, 0) is 145 Å². The fourth-order valence-electron chi connectivity index (χ4n) is 13.1. The lowest BCUT2D eigenvalue weighted by Gasteiger charge is -2.31. The smallest absolute Gasteiger partial charge is 0.229 e. The average molecular weight is 1140 g/mol. The second kappa shape index (κ2) is 26.2. The molecule has 6 N–H and O–H groups in total. The van der Waals surface area contributed by atoms with Gasteiger partial charge in [-0.3, -0.25) is 4.90 Å². The number of nitrogens with one attached hydrogen (secondary N) is 6. The van der Waals surface area contributed by atoms with E-state index in [1.165, 1.54) is 37.1 Å². The first-order chi connectivity index (χ1) is 41.1. The van der Waals surface area contributed by atoms with E-state index in [9.17, 15) is 0 Å². The molecule has 3 aromatic heterocycles. The van der Waals surface area contributed by atoms with Crippen LogP contribution in [0.1, 0.15) is 97.6 Å². The number of hydrogen-bond donors (Lipinski definition) is 6. The molecule has 3 saturated heterocycles.